The standard InChI is InChI=1S/C14H20ClN3O2/c1-11-3-2-7-17(10-11)8-6-16-13-5-4-12(15)9-14(13)18(19)20/h4-5,9,11,16H,2-3,6-8,10H2,1H3. The van der Waals surface area contributed by atoms with E-state index < -0.39 is 4.92 Å². The lowest BCUT2D eigenvalue weighted by Gasteiger charge is -2.30. The number of anilines is 1. The minimum Gasteiger partial charge on any atom is -0.378 e. The smallest absolute Gasteiger partial charge is 0.293 e. The van der Waals surface area contributed by atoms with E-state index >= 15 is 0 Å². The number of nitrogens with zero attached hydrogens (tertiary/aromatic N) is 2. The molecule has 1 fully saturated rings. The Bertz CT molecular complexity index is 481. The molecular weight excluding hydrogens is 278 g/mol. The van der Waals surface area contributed by atoms with Crippen LogP contribution in [0.2, 0.25) is 5.02 Å². The maximum Gasteiger partial charge on any atom is 0.293 e. The van der Waals surface area contributed by atoms with E-state index in [4.69, 9.17) is 11.6 Å². The van der Waals surface area contributed by atoms with E-state index in [9.17, 15) is 10.1 Å². The second-order valence-corrected chi connectivity index (χ2v) is 5.83. The number of hydrogen-bond acceptors (Lipinski definition) is 4. The van der Waals surface area contributed by atoms with Gasteiger partial charge in [-0.3, -0.25) is 10.1 Å². The predicted octanol–water partition coefficient (Wildman–Crippen LogP) is 3.39. The average Bonchev–Trinajstić information content (AvgIpc) is 2.40. The molecular formula is C14H20ClN3O2. The van der Waals surface area contributed by atoms with Crippen molar-refractivity contribution in [3.05, 3.63) is 33.3 Å². The van der Waals surface area contributed by atoms with Gasteiger partial charge >= 0.3 is 0 Å². The Kier molecular flexibility index (Phi) is 5.20. The Morgan fingerprint density at radius 2 is 2.35 bits per heavy atom. The maximum atomic E-state index is 11.0. The molecule has 0 radical (unpaired) electrons. The van der Waals surface area contributed by atoms with Gasteiger partial charge in [0.2, 0.25) is 0 Å². The van der Waals surface area contributed by atoms with Gasteiger partial charge in [-0.1, -0.05) is 18.5 Å². The summed E-state index contributed by atoms with van der Waals surface area (Å²) in [5.41, 5.74) is 0.564. The van der Waals surface area contributed by atoms with Crippen LogP contribution in [-0.4, -0.2) is 36.0 Å². The fraction of sp³-hybridized carbons (Fsp3) is 0.571. The highest BCUT2D eigenvalue weighted by molar-refractivity contribution is 6.30. The first kappa shape index (κ1) is 15.1. The van der Waals surface area contributed by atoms with Crippen molar-refractivity contribution in [1.29, 1.82) is 0 Å². The van der Waals surface area contributed by atoms with Gasteiger partial charge in [-0.15, -0.1) is 0 Å². The highest BCUT2D eigenvalue weighted by Crippen LogP contribution is 2.27. The molecule has 5 nitrogen and oxygen atoms in total. The Hall–Kier alpha value is -1.33. The van der Waals surface area contributed by atoms with Crippen molar-refractivity contribution >= 4 is 23.0 Å². The molecule has 0 aromatic heterocycles. The summed E-state index contributed by atoms with van der Waals surface area (Å²) in [6.07, 6.45) is 2.54. The zero-order valence-corrected chi connectivity index (χ0v) is 12.4. The number of nitro benzene ring substituents is 1. The first-order chi connectivity index (χ1) is 9.56. The van der Waals surface area contributed by atoms with Crippen LogP contribution in [0.1, 0.15) is 19.8 Å². The number of halogens is 1. The maximum absolute atomic E-state index is 11.0. The lowest BCUT2D eigenvalue weighted by molar-refractivity contribution is -0.383. The molecule has 0 amide bonds. The van der Waals surface area contributed by atoms with Gasteiger partial charge in [0.15, 0.2) is 0 Å². The second kappa shape index (κ2) is 6.90. The summed E-state index contributed by atoms with van der Waals surface area (Å²) < 4.78 is 0. The van der Waals surface area contributed by atoms with Gasteiger partial charge < -0.3 is 10.2 Å². The third-order valence-corrected chi connectivity index (χ3v) is 3.88. The lowest BCUT2D eigenvalue weighted by atomic mass is 10.0. The number of hydrogen-bond donors (Lipinski definition) is 1. The van der Waals surface area contributed by atoms with Crippen LogP contribution in [0.15, 0.2) is 18.2 Å². The Labute approximate surface area is 124 Å². The minimum absolute atomic E-state index is 0.0320. The first-order valence-corrected chi connectivity index (χ1v) is 7.34. The number of nitrogens with one attached hydrogen (secondary N) is 1. The number of nitro groups is 1. The molecule has 1 N–H and O–H groups in total. The molecule has 2 rings (SSSR count). The Balaban J connectivity index is 1.89. The van der Waals surface area contributed by atoms with Gasteiger partial charge in [0.1, 0.15) is 5.69 Å². The molecule has 0 aliphatic carbocycles. The monoisotopic (exact) mass is 297 g/mol. The number of benzene rings is 1. The summed E-state index contributed by atoms with van der Waals surface area (Å²) in [7, 11) is 0. The summed E-state index contributed by atoms with van der Waals surface area (Å²) >= 11 is 5.79. The molecule has 1 unspecified atom stereocenters. The molecule has 1 aliphatic rings. The van der Waals surface area contributed by atoms with E-state index in [0.29, 0.717) is 17.3 Å². The van der Waals surface area contributed by atoms with Gasteiger partial charge in [0.25, 0.3) is 5.69 Å². The molecule has 0 spiro atoms. The third-order valence-electron chi connectivity index (χ3n) is 3.64. The molecule has 110 valence electrons. The molecule has 1 aromatic carbocycles. The first-order valence-electron chi connectivity index (χ1n) is 6.96. The number of piperidine rings is 1. The molecule has 0 saturated carbocycles. The molecule has 1 saturated heterocycles. The number of rotatable bonds is 5. The van der Waals surface area contributed by atoms with E-state index in [-0.39, 0.29) is 5.69 Å². The summed E-state index contributed by atoms with van der Waals surface area (Å²) in [6, 6.07) is 4.71. The quantitative estimate of drug-likeness (QED) is 0.668. The van der Waals surface area contributed by atoms with Crippen LogP contribution in [0.3, 0.4) is 0 Å². The van der Waals surface area contributed by atoms with Gasteiger partial charge in [-0.25, -0.2) is 0 Å². The van der Waals surface area contributed by atoms with Crippen LogP contribution in [0.5, 0.6) is 0 Å². The molecule has 20 heavy (non-hydrogen) atoms. The van der Waals surface area contributed by atoms with Crippen molar-refractivity contribution < 1.29 is 4.92 Å². The largest absolute Gasteiger partial charge is 0.378 e. The molecule has 1 aliphatic heterocycles. The van der Waals surface area contributed by atoms with Gasteiger partial charge in [-0.05, 0) is 37.4 Å². The van der Waals surface area contributed by atoms with Crippen molar-refractivity contribution in [2.75, 3.05) is 31.5 Å². The van der Waals surface area contributed by atoms with Crippen LogP contribution in [0, 0.1) is 16.0 Å². The summed E-state index contributed by atoms with van der Waals surface area (Å²) in [5.74, 6) is 0.744. The Morgan fingerprint density at radius 1 is 1.55 bits per heavy atom. The van der Waals surface area contributed by atoms with Crippen molar-refractivity contribution in [2.24, 2.45) is 5.92 Å². The van der Waals surface area contributed by atoms with E-state index in [2.05, 4.69) is 17.1 Å². The fourth-order valence-corrected chi connectivity index (χ4v) is 2.81. The highest BCUT2D eigenvalue weighted by atomic mass is 35.5. The lowest BCUT2D eigenvalue weighted by Crippen LogP contribution is -2.37. The summed E-state index contributed by atoms with van der Waals surface area (Å²) in [5, 5.41) is 14.5. The van der Waals surface area contributed by atoms with E-state index in [1.54, 1.807) is 12.1 Å². The summed E-state index contributed by atoms with van der Waals surface area (Å²) in [6.45, 7) is 6.11. The minimum atomic E-state index is -0.406. The molecule has 0 bridgehead atoms. The van der Waals surface area contributed by atoms with Gasteiger partial charge in [-0.2, -0.15) is 0 Å². The van der Waals surface area contributed by atoms with Gasteiger partial charge in [0.05, 0.1) is 4.92 Å². The third kappa shape index (κ3) is 4.08. The van der Waals surface area contributed by atoms with Gasteiger partial charge in [0, 0.05) is 30.7 Å². The molecule has 1 aromatic rings. The van der Waals surface area contributed by atoms with Crippen LogP contribution >= 0.6 is 11.6 Å². The molecule has 1 atom stereocenters. The van der Waals surface area contributed by atoms with Crippen LogP contribution in [0.4, 0.5) is 11.4 Å². The zero-order valence-electron chi connectivity index (χ0n) is 11.6. The van der Waals surface area contributed by atoms with E-state index in [1.807, 2.05) is 0 Å². The van der Waals surface area contributed by atoms with E-state index in [0.717, 1.165) is 25.6 Å². The van der Waals surface area contributed by atoms with Crippen molar-refractivity contribution in [2.45, 2.75) is 19.8 Å². The van der Waals surface area contributed by atoms with E-state index in [1.165, 1.54) is 18.9 Å². The average molecular weight is 298 g/mol. The van der Waals surface area contributed by atoms with Crippen molar-refractivity contribution in [3.63, 3.8) is 0 Å². The van der Waals surface area contributed by atoms with Crippen molar-refractivity contribution in [3.8, 4) is 0 Å². The predicted molar refractivity (Wildman–Crippen MR) is 81.4 cm³/mol. The topological polar surface area (TPSA) is 58.4 Å². The van der Waals surface area contributed by atoms with Crippen molar-refractivity contribution in [1.82, 2.24) is 4.90 Å². The normalized spacial score (nSPS) is 19.8. The molecule has 1 heterocycles. The Morgan fingerprint density at radius 3 is 3.05 bits per heavy atom. The zero-order chi connectivity index (χ0) is 14.5. The van der Waals surface area contributed by atoms with Crippen LogP contribution < -0.4 is 5.32 Å². The summed E-state index contributed by atoms with van der Waals surface area (Å²) in [4.78, 5) is 13.0. The SMILES string of the molecule is CC1CCCN(CCNc2ccc(Cl)cc2[N+](=O)[O-])C1. The number of likely N-dealkylation sites (tertiary alicyclic amines) is 1. The highest BCUT2D eigenvalue weighted by Gasteiger charge is 2.17. The molecule has 6 heteroatoms. The van der Waals surface area contributed by atoms with Crippen LogP contribution in [0.25, 0.3) is 0 Å². The second-order valence-electron chi connectivity index (χ2n) is 5.39. The van der Waals surface area contributed by atoms with Crippen LogP contribution in [-0.2, 0) is 0 Å². The fourth-order valence-electron chi connectivity index (χ4n) is 2.64.